The summed E-state index contributed by atoms with van der Waals surface area (Å²) in [6, 6.07) is 5.07. The molecule has 0 bridgehead atoms. The molecule has 0 saturated carbocycles. The van der Waals surface area contributed by atoms with Gasteiger partial charge in [-0.3, -0.25) is 4.79 Å². The Labute approximate surface area is 173 Å². The zero-order valence-corrected chi connectivity index (χ0v) is 17.0. The normalized spacial score (nSPS) is 10.7. The van der Waals surface area contributed by atoms with Gasteiger partial charge in [0.15, 0.2) is 5.13 Å². The van der Waals surface area contributed by atoms with E-state index < -0.39 is 0 Å². The zero-order valence-electron chi connectivity index (χ0n) is 13.9. The minimum Gasteiger partial charge on any atom is -0.492 e. The van der Waals surface area contributed by atoms with Gasteiger partial charge >= 0.3 is 0 Å². The fourth-order valence-electron chi connectivity index (χ4n) is 1.96. The molecule has 0 unspecified atom stereocenters. The number of amides is 1. The summed E-state index contributed by atoms with van der Waals surface area (Å²) in [5, 5.41) is 14.3. The average molecular weight is 445 g/mol. The highest BCUT2D eigenvalue weighted by Crippen LogP contribution is 2.27. The third-order valence-corrected chi connectivity index (χ3v) is 5.18. The summed E-state index contributed by atoms with van der Waals surface area (Å²) in [7, 11) is 0. The first-order chi connectivity index (χ1) is 13.1. The molecule has 0 spiro atoms. The van der Waals surface area contributed by atoms with Gasteiger partial charge in [0.2, 0.25) is 11.8 Å². The molecule has 142 valence electrons. The summed E-state index contributed by atoms with van der Waals surface area (Å²) in [5.41, 5.74) is 0. The Hall–Kier alpha value is -1.81. The number of hydrogen-bond donors (Lipinski definition) is 1. The second-order valence-corrected chi connectivity index (χ2v) is 7.83. The van der Waals surface area contributed by atoms with E-state index in [-0.39, 0.29) is 11.7 Å². The van der Waals surface area contributed by atoms with Crippen molar-refractivity contribution >= 4 is 57.3 Å². The first kappa shape index (κ1) is 19.9. The highest BCUT2D eigenvalue weighted by Gasteiger charge is 2.11. The number of rotatable bonds is 9. The number of anilines is 1. The molecule has 0 radical (unpaired) electrons. The van der Waals surface area contributed by atoms with E-state index in [1.54, 1.807) is 29.8 Å². The lowest BCUT2D eigenvalue weighted by atomic mass is 10.3. The van der Waals surface area contributed by atoms with Crippen LogP contribution in [0.2, 0.25) is 10.0 Å². The zero-order chi connectivity index (χ0) is 19.1. The number of ether oxygens (including phenoxy) is 1. The maximum absolute atomic E-state index is 11.8. The number of benzene rings is 1. The van der Waals surface area contributed by atoms with Crippen molar-refractivity contribution in [2.75, 3.05) is 17.7 Å². The third-order valence-electron chi connectivity index (χ3n) is 3.14. The van der Waals surface area contributed by atoms with Crippen molar-refractivity contribution in [1.29, 1.82) is 0 Å². The predicted octanol–water partition coefficient (Wildman–Crippen LogP) is 4.58. The van der Waals surface area contributed by atoms with Gasteiger partial charge in [-0.2, -0.15) is 0 Å². The van der Waals surface area contributed by atoms with E-state index in [0.717, 1.165) is 0 Å². The smallest absolute Gasteiger partial charge is 0.277 e. The van der Waals surface area contributed by atoms with Gasteiger partial charge in [0.1, 0.15) is 5.75 Å². The Morgan fingerprint density at radius 3 is 3.00 bits per heavy atom. The van der Waals surface area contributed by atoms with E-state index in [2.05, 4.69) is 20.5 Å². The van der Waals surface area contributed by atoms with Crippen LogP contribution in [0, 0.1) is 0 Å². The topological polar surface area (TPSA) is 90.1 Å². The lowest BCUT2D eigenvalue weighted by Crippen LogP contribution is -2.13. The van der Waals surface area contributed by atoms with Crippen LogP contribution in [0.4, 0.5) is 5.13 Å². The molecule has 1 aromatic carbocycles. The molecule has 2 aromatic heterocycles. The molecule has 2 heterocycles. The predicted molar refractivity (Wildman–Crippen MR) is 106 cm³/mol. The Balaban J connectivity index is 1.37. The Kier molecular flexibility index (Phi) is 7.33. The van der Waals surface area contributed by atoms with E-state index in [1.807, 2.05) is 0 Å². The van der Waals surface area contributed by atoms with Gasteiger partial charge in [-0.05, 0) is 24.6 Å². The minimum atomic E-state index is -0.178. The monoisotopic (exact) mass is 444 g/mol. The molecule has 0 atom stereocenters. The SMILES string of the molecule is O=C(CSc1nnc(CCCOc2ccc(Cl)cc2Cl)o1)Nc1nccs1. The highest BCUT2D eigenvalue weighted by atomic mass is 35.5. The number of hydrogen-bond acceptors (Lipinski definition) is 8. The lowest BCUT2D eigenvalue weighted by molar-refractivity contribution is -0.113. The average Bonchev–Trinajstić information content (AvgIpc) is 3.30. The van der Waals surface area contributed by atoms with Crippen molar-refractivity contribution < 1.29 is 13.9 Å². The Morgan fingerprint density at radius 2 is 2.22 bits per heavy atom. The number of thiazole rings is 1. The summed E-state index contributed by atoms with van der Waals surface area (Å²) < 4.78 is 11.1. The molecule has 0 aliphatic carbocycles. The molecule has 0 fully saturated rings. The number of nitrogens with one attached hydrogen (secondary N) is 1. The summed E-state index contributed by atoms with van der Waals surface area (Å²) in [5.74, 6) is 1.06. The van der Waals surface area contributed by atoms with Gasteiger partial charge in [0, 0.05) is 23.0 Å². The van der Waals surface area contributed by atoms with Gasteiger partial charge in [-0.1, -0.05) is 35.0 Å². The number of aryl methyl sites for hydroxylation is 1. The molecule has 27 heavy (non-hydrogen) atoms. The van der Waals surface area contributed by atoms with Gasteiger partial charge in [-0.15, -0.1) is 21.5 Å². The van der Waals surface area contributed by atoms with Gasteiger partial charge < -0.3 is 14.5 Å². The number of nitrogens with zero attached hydrogens (tertiary/aromatic N) is 3. The molecule has 0 saturated heterocycles. The minimum absolute atomic E-state index is 0.166. The van der Waals surface area contributed by atoms with Crippen LogP contribution >= 0.6 is 46.3 Å². The molecule has 1 amide bonds. The quantitative estimate of drug-likeness (QED) is 0.381. The van der Waals surface area contributed by atoms with Crippen LogP contribution in [-0.4, -0.2) is 33.4 Å². The summed E-state index contributed by atoms with van der Waals surface area (Å²) in [6.07, 6.45) is 2.86. The van der Waals surface area contributed by atoms with E-state index in [0.29, 0.717) is 51.5 Å². The Morgan fingerprint density at radius 1 is 1.33 bits per heavy atom. The van der Waals surface area contributed by atoms with E-state index >= 15 is 0 Å². The van der Waals surface area contributed by atoms with Gasteiger partial charge in [0.05, 0.1) is 17.4 Å². The maximum Gasteiger partial charge on any atom is 0.277 e. The lowest BCUT2D eigenvalue weighted by Gasteiger charge is -2.07. The fraction of sp³-hybridized carbons (Fsp3) is 0.250. The second-order valence-electron chi connectivity index (χ2n) is 5.16. The van der Waals surface area contributed by atoms with Crippen molar-refractivity contribution in [1.82, 2.24) is 15.2 Å². The van der Waals surface area contributed by atoms with Crippen molar-refractivity contribution in [3.05, 3.63) is 45.7 Å². The molecule has 11 heteroatoms. The first-order valence-corrected chi connectivity index (χ1v) is 10.4. The summed E-state index contributed by atoms with van der Waals surface area (Å²) in [4.78, 5) is 15.8. The summed E-state index contributed by atoms with van der Waals surface area (Å²) >= 11 is 14.4. The van der Waals surface area contributed by atoms with E-state index in [1.165, 1.54) is 23.1 Å². The van der Waals surface area contributed by atoms with Gasteiger partial charge in [0.25, 0.3) is 5.22 Å². The molecule has 3 rings (SSSR count). The summed E-state index contributed by atoms with van der Waals surface area (Å²) in [6.45, 7) is 0.447. The largest absolute Gasteiger partial charge is 0.492 e. The number of aromatic nitrogens is 3. The van der Waals surface area contributed by atoms with Crippen LogP contribution in [0.15, 0.2) is 39.4 Å². The van der Waals surface area contributed by atoms with E-state index in [4.69, 9.17) is 32.4 Å². The fourth-order valence-corrected chi connectivity index (χ4v) is 3.55. The van der Waals surface area contributed by atoms with Crippen molar-refractivity contribution in [3.8, 4) is 5.75 Å². The molecule has 7 nitrogen and oxygen atoms in total. The molecule has 3 aromatic rings. The van der Waals surface area contributed by atoms with Crippen LogP contribution in [-0.2, 0) is 11.2 Å². The van der Waals surface area contributed by atoms with Crippen LogP contribution in [0.1, 0.15) is 12.3 Å². The Bertz CT molecular complexity index is 890. The number of thioether (sulfide) groups is 1. The molecule has 0 aliphatic heterocycles. The highest BCUT2D eigenvalue weighted by molar-refractivity contribution is 7.99. The number of carbonyl (C=O) groups excluding carboxylic acids is 1. The van der Waals surface area contributed by atoms with Crippen LogP contribution in [0.5, 0.6) is 5.75 Å². The number of halogens is 2. The number of carbonyl (C=O) groups is 1. The van der Waals surface area contributed by atoms with Gasteiger partial charge in [-0.25, -0.2) is 4.98 Å². The molecule has 1 N–H and O–H groups in total. The van der Waals surface area contributed by atoms with Crippen LogP contribution in [0.3, 0.4) is 0 Å². The standard InChI is InChI=1S/C16H14Cl2N4O3S2/c17-10-3-4-12(11(18)8-10)24-6-1-2-14-21-22-16(25-14)27-9-13(23)20-15-19-5-7-26-15/h3-5,7-8H,1-2,6,9H2,(H,19,20,23). The maximum atomic E-state index is 11.8. The van der Waals surface area contributed by atoms with Crippen LogP contribution < -0.4 is 10.1 Å². The molecular formula is C16H14Cl2N4O3S2. The van der Waals surface area contributed by atoms with Crippen molar-refractivity contribution in [3.63, 3.8) is 0 Å². The van der Waals surface area contributed by atoms with Crippen molar-refractivity contribution in [2.24, 2.45) is 0 Å². The first-order valence-electron chi connectivity index (χ1n) is 7.82. The third kappa shape index (κ3) is 6.39. The second kappa shape index (κ2) is 9.93. The molecular weight excluding hydrogens is 431 g/mol. The van der Waals surface area contributed by atoms with Crippen molar-refractivity contribution in [2.45, 2.75) is 18.1 Å². The van der Waals surface area contributed by atoms with E-state index in [9.17, 15) is 4.79 Å². The molecule has 0 aliphatic rings. The van der Waals surface area contributed by atoms with Crippen LogP contribution in [0.25, 0.3) is 0 Å².